The number of anilines is 1. The van der Waals surface area contributed by atoms with Gasteiger partial charge in [-0.05, 0) is 31.0 Å². The fraction of sp³-hybridized carbons (Fsp3) is 0.500. The zero-order valence-corrected chi connectivity index (χ0v) is 11.3. The predicted octanol–water partition coefficient (Wildman–Crippen LogP) is 3.02. The zero-order valence-electron chi connectivity index (χ0n) is 11.3. The molecule has 0 saturated heterocycles. The second-order valence-corrected chi connectivity index (χ2v) is 4.18. The van der Waals surface area contributed by atoms with Gasteiger partial charge in [0, 0.05) is 13.1 Å². The second-order valence-electron chi connectivity index (χ2n) is 4.18. The third-order valence-corrected chi connectivity index (χ3v) is 2.76. The number of hydrogen-bond donors (Lipinski definition) is 1. The number of benzene rings is 1. The molecule has 100 valence electrons. The van der Waals surface area contributed by atoms with Crippen LogP contribution in [0.2, 0.25) is 0 Å². The molecule has 0 spiro atoms. The smallest absolute Gasteiger partial charge is 0.337 e. The number of methoxy groups -OCH3 is 1. The van der Waals surface area contributed by atoms with Crippen molar-refractivity contribution in [3.8, 4) is 5.75 Å². The second kappa shape index (κ2) is 6.89. The molecule has 0 aliphatic heterocycles. The number of nitrogens with zero attached hydrogens (tertiary/aromatic N) is 1. The molecular formula is C14H21NO3. The first-order valence-corrected chi connectivity index (χ1v) is 6.30. The zero-order chi connectivity index (χ0) is 13.5. The van der Waals surface area contributed by atoms with Gasteiger partial charge in [-0.3, -0.25) is 0 Å². The number of rotatable bonds is 7. The van der Waals surface area contributed by atoms with Crippen LogP contribution in [0.25, 0.3) is 0 Å². The number of carboxylic acids is 1. The van der Waals surface area contributed by atoms with E-state index in [0.29, 0.717) is 11.3 Å². The summed E-state index contributed by atoms with van der Waals surface area (Å²) in [4.78, 5) is 13.4. The van der Waals surface area contributed by atoms with Crippen LogP contribution in [-0.4, -0.2) is 31.3 Å². The molecule has 0 aliphatic rings. The Bertz CT molecular complexity index is 398. The summed E-state index contributed by atoms with van der Waals surface area (Å²) in [5.41, 5.74) is 1.07. The highest BCUT2D eigenvalue weighted by molar-refractivity contribution is 5.95. The molecule has 4 nitrogen and oxygen atoms in total. The van der Waals surface area contributed by atoms with E-state index < -0.39 is 5.97 Å². The molecule has 1 aromatic carbocycles. The molecular weight excluding hydrogens is 230 g/mol. The van der Waals surface area contributed by atoms with Gasteiger partial charge in [0.05, 0.1) is 18.4 Å². The van der Waals surface area contributed by atoms with Crippen LogP contribution in [0.15, 0.2) is 18.2 Å². The highest BCUT2D eigenvalue weighted by atomic mass is 16.5. The average molecular weight is 251 g/mol. The maximum atomic E-state index is 11.3. The van der Waals surface area contributed by atoms with Gasteiger partial charge in [-0.1, -0.05) is 13.8 Å². The van der Waals surface area contributed by atoms with Gasteiger partial charge in [0.2, 0.25) is 0 Å². The summed E-state index contributed by atoms with van der Waals surface area (Å²) in [5.74, 6) is -0.342. The quantitative estimate of drug-likeness (QED) is 0.809. The van der Waals surface area contributed by atoms with E-state index in [2.05, 4.69) is 18.7 Å². The summed E-state index contributed by atoms with van der Waals surface area (Å²) < 4.78 is 5.08. The average Bonchev–Trinajstić information content (AvgIpc) is 2.37. The third kappa shape index (κ3) is 3.39. The summed E-state index contributed by atoms with van der Waals surface area (Å²) >= 11 is 0. The lowest BCUT2D eigenvalue weighted by Gasteiger charge is -2.25. The van der Waals surface area contributed by atoms with Crippen molar-refractivity contribution in [2.45, 2.75) is 26.7 Å². The van der Waals surface area contributed by atoms with Gasteiger partial charge in [0.1, 0.15) is 5.75 Å². The van der Waals surface area contributed by atoms with Gasteiger partial charge in [-0.2, -0.15) is 0 Å². The van der Waals surface area contributed by atoms with Crippen molar-refractivity contribution in [3.05, 3.63) is 23.8 Å². The Morgan fingerprint density at radius 3 is 2.33 bits per heavy atom. The monoisotopic (exact) mass is 251 g/mol. The molecule has 0 radical (unpaired) electrons. The van der Waals surface area contributed by atoms with E-state index >= 15 is 0 Å². The maximum Gasteiger partial charge on any atom is 0.337 e. The minimum Gasteiger partial charge on any atom is -0.497 e. The number of hydrogen-bond acceptors (Lipinski definition) is 3. The van der Waals surface area contributed by atoms with E-state index in [-0.39, 0.29) is 0 Å². The highest BCUT2D eigenvalue weighted by Crippen LogP contribution is 2.26. The molecule has 0 heterocycles. The Morgan fingerprint density at radius 1 is 1.28 bits per heavy atom. The molecule has 0 fully saturated rings. The largest absolute Gasteiger partial charge is 0.497 e. The van der Waals surface area contributed by atoms with Crippen molar-refractivity contribution in [1.29, 1.82) is 0 Å². The number of carbonyl (C=O) groups is 1. The van der Waals surface area contributed by atoms with Crippen LogP contribution in [0.5, 0.6) is 5.75 Å². The first kappa shape index (κ1) is 14.4. The van der Waals surface area contributed by atoms with Crippen LogP contribution in [0.3, 0.4) is 0 Å². The summed E-state index contributed by atoms with van der Waals surface area (Å²) in [7, 11) is 1.54. The molecule has 18 heavy (non-hydrogen) atoms. The number of carboxylic acid groups (broad SMARTS) is 1. The summed E-state index contributed by atoms with van der Waals surface area (Å²) in [6.07, 6.45) is 1.98. The molecule has 0 unspecified atom stereocenters. The Kier molecular flexibility index (Phi) is 5.49. The highest BCUT2D eigenvalue weighted by Gasteiger charge is 2.16. The van der Waals surface area contributed by atoms with E-state index in [4.69, 9.17) is 4.74 Å². The minimum absolute atomic E-state index is 0.302. The molecule has 0 atom stereocenters. The van der Waals surface area contributed by atoms with Crippen molar-refractivity contribution in [3.63, 3.8) is 0 Å². The topological polar surface area (TPSA) is 49.8 Å². The van der Waals surface area contributed by atoms with Crippen molar-refractivity contribution >= 4 is 11.7 Å². The van der Waals surface area contributed by atoms with Crippen molar-refractivity contribution < 1.29 is 14.6 Å². The standard InChI is InChI=1S/C14H21NO3/c1-4-8-15(9-5-2)13-7-6-11(18-3)10-12(13)14(16)17/h6-7,10H,4-5,8-9H2,1-3H3,(H,16,17). The van der Waals surface area contributed by atoms with Gasteiger partial charge in [-0.15, -0.1) is 0 Å². The lowest BCUT2D eigenvalue weighted by Crippen LogP contribution is -2.26. The molecule has 0 aromatic heterocycles. The molecule has 1 aromatic rings. The minimum atomic E-state index is -0.916. The van der Waals surface area contributed by atoms with Crippen LogP contribution in [0.1, 0.15) is 37.0 Å². The lowest BCUT2D eigenvalue weighted by molar-refractivity contribution is 0.0697. The van der Waals surface area contributed by atoms with E-state index in [1.807, 2.05) is 6.07 Å². The van der Waals surface area contributed by atoms with Gasteiger partial charge >= 0.3 is 5.97 Å². The Morgan fingerprint density at radius 2 is 1.89 bits per heavy atom. The summed E-state index contributed by atoms with van der Waals surface area (Å²) in [6, 6.07) is 5.21. The number of aromatic carboxylic acids is 1. The van der Waals surface area contributed by atoms with Crippen LogP contribution >= 0.6 is 0 Å². The first-order valence-electron chi connectivity index (χ1n) is 6.30. The van der Waals surface area contributed by atoms with E-state index in [0.717, 1.165) is 31.6 Å². The third-order valence-electron chi connectivity index (χ3n) is 2.76. The van der Waals surface area contributed by atoms with Gasteiger partial charge in [-0.25, -0.2) is 4.79 Å². The van der Waals surface area contributed by atoms with Crippen LogP contribution < -0.4 is 9.64 Å². The van der Waals surface area contributed by atoms with Gasteiger partial charge in [0.25, 0.3) is 0 Å². The Balaban J connectivity index is 3.15. The normalized spacial score (nSPS) is 10.2. The molecule has 0 amide bonds. The van der Waals surface area contributed by atoms with Crippen molar-refractivity contribution in [1.82, 2.24) is 0 Å². The van der Waals surface area contributed by atoms with Gasteiger partial charge in [0.15, 0.2) is 0 Å². The van der Waals surface area contributed by atoms with Gasteiger partial charge < -0.3 is 14.7 Å². The van der Waals surface area contributed by atoms with Crippen LogP contribution in [0.4, 0.5) is 5.69 Å². The lowest BCUT2D eigenvalue weighted by atomic mass is 10.1. The molecule has 4 heteroatoms. The van der Waals surface area contributed by atoms with Crippen LogP contribution in [0, 0.1) is 0 Å². The molecule has 1 rings (SSSR count). The Labute approximate surface area is 108 Å². The fourth-order valence-corrected chi connectivity index (χ4v) is 1.98. The molecule has 0 bridgehead atoms. The number of ether oxygens (including phenoxy) is 1. The molecule has 1 N–H and O–H groups in total. The molecule has 0 aliphatic carbocycles. The summed E-state index contributed by atoms with van der Waals surface area (Å²) in [6.45, 7) is 5.90. The fourth-order valence-electron chi connectivity index (χ4n) is 1.98. The predicted molar refractivity (Wildman–Crippen MR) is 72.7 cm³/mol. The van der Waals surface area contributed by atoms with Crippen LogP contribution in [-0.2, 0) is 0 Å². The van der Waals surface area contributed by atoms with E-state index in [9.17, 15) is 9.90 Å². The maximum absolute atomic E-state index is 11.3. The van der Waals surface area contributed by atoms with E-state index in [1.54, 1.807) is 12.1 Å². The summed E-state index contributed by atoms with van der Waals surface area (Å²) in [5, 5.41) is 9.29. The SMILES string of the molecule is CCCN(CCC)c1ccc(OC)cc1C(=O)O. The first-order chi connectivity index (χ1) is 8.63. The molecule has 0 saturated carbocycles. The van der Waals surface area contributed by atoms with Crippen molar-refractivity contribution in [2.24, 2.45) is 0 Å². The van der Waals surface area contributed by atoms with E-state index in [1.165, 1.54) is 7.11 Å². The van der Waals surface area contributed by atoms with Crippen molar-refractivity contribution in [2.75, 3.05) is 25.1 Å². The Hall–Kier alpha value is -1.71.